The van der Waals surface area contributed by atoms with E-state index >= 15 is 0 Å². The third-order valence-electron chi connectivity index (χ3n) is 3.76. The SMILES string of the molecule is O=C(O)C1(C(=O)NCc2ccc(C(F)(F)F)cc2Cl)CC=CC1. The normalized spacial score (nSPS) is 16.3. The van der Waals surface area contributed by atoms with Crippen LogP contribution in [0.25, 0.3) is 0 Å². The fourth-order valence-corrected chi connectivity index (χ4v) is 2.57. The number of rotatable bonds is 4. The average molecular weight is 348 g/mol. The number of carbonyl (C=O) groups excluding carboxylic acids is 1. The number of hydrogen-bond donors (Lipinski definition) is 2. The van der Waals surface area contributed by atoms with Crippen molar-refractivity contribution in [3.05, 3.63) is 46.5 Å². The minimum absolute atomic E-state index is 0.0783. The highest BCUT2D eigenvalue weighted by Crippen LogP contribution is 2.35. The molecule has 1 aromatic rings. The Morgan fingerprint density at radius 2 is 1.87 bits per heavy atom. The number of amides is 1. The summed E-state index contributed by atoms with van der Waals surface area (Å²) in [5.41, 5.74) is -2.17. The second-order valence-electron chi connectivity index (χ2n) is 5.25. The Morgan fingerprint density at radius 1 is 1.26 bits per heavy atom. The number of carbonyl (C=O) groups is 2. The molecule has 0 unspecified atom stereocenters. The van der Waals surface area contributed by atoms with Crippen LogP contribution in [0.1, 0.15) is 24.0 Å². The first kappa shape index (κ1) is 17.3. The van der Waals surface area contributed by atoms with E-state index in [0.29, 0.717) is 0 Å². The topological polar surface area (TPSA) is 66.4 Å². The molecule has 0 bridgehead atoms. The molecule has 0 radical (unpaired) electrons. The molecule has 2 N–H and O–H groups in total. The molecule has 0 atom stereocenters. The highest BCUT2D eigenvalue weighted by molar-refractivity contribution is 6.31. The zero-order valence-electron chi connectivity index (χ0n) is 11.8. The number of alkyl halides is 3. The van der Waals surface area contributed by atoms with Gasteiger partial charge in [-0.3, -0.25) is 9.59 Å². The van der Waals surface area contributed by atoms with Crippen molar-refractivity contribution in [3.63, 3.8) is 0 Å². The van der Waals surface area contributed by atoms with Crippen LogP contribution >= 0.6 is 11.6 Å². The number of hydrogen-bond acceptors (Lipinski definition) is 2. The number of carboxylic acid groups (broad SMARTS) is 1. The lowest BCUT2D eigenvalue weighted by atomic mass is 9.84. The molecular formula is C15H13ClF3NO3. The lowest BCUT2D eigenvalue weighted by molar-refractivity contribution is -0.155. The molecule has 1 amide bonds. The number of carboxylic acids is 1. The molecule has 2 rings (SSSR count). The van der Waals surface area contributed by atoms with Crippen molar-refractivity contribution in [3.8, 4) is 0 Å². The van der Waals surface area contributed by atoms with Crippen LogP contribution in [0.2, 0.25) is 5.02 Å². The molecule has 1 aromatic carbocycles. The van der Waals surface area contributed by atoms with E-state index in [1.54, 1.807) is 12.2 Å². The Hall–Kier alpha value is -2.02. The second kappa shape index (κ2) is 6.23. The second-order valence-corrected chi connectivity index (χ2v) is 5.66. The summed E-state index contributed by atoms with van der Waals surface area (Å²) in [7, 11) is 0. The molecule has 0 heterocycles. The lowest BCUT2D eigenvalue weighted by Gasteiger charge is -2.22. The highest BCUT2D eigenvalue weighted by Gasteiger charge is 2.46. The van der Waals surface area contributed by atoms with Crippen molar-refractivity contribution in [2.24, 2.45) is 5.41 Å². The summed E-state index contributed by atoms with van der Waals surface area (Å²) in [4.78, 5) is 23.5. The predicted octanol–water partition coefficient (Wildman–Crippen LogP) is 3.40. The van der Waals surface area contributed by atoms with Crippen LogP contribution in [0, 0.1) is 5.41 Å². The van der Waals surface area contributed by atoms with Gasteiger partial charge in [0.1, 0.15) is 0 Å². The van der Waals surface area contributed by atoms with E-state index in [2.05, 4.69) is 5.32 Å². The molecule has 0 fully saturated rings. The Bertz CT molecular complexity index is 662. The number of benzene rings is 1. The van der Waals surface area contributed by atoms with Gasteiger partial charge in [0.2, 0.25) is 5.91 Å². The molecule has 1 aliphatic carbocycles. The summed E-state index contributed by atoms with van der Waals surface area (Å²) >= 11 is 5.80. The van der Waals surface area contributed by atoms with Crippen molar-refractivity contribution in [1.29, 1.82) is 0 Å². The van der Waals surface area contributed by atoms with Gasteiger partial charge in [0, 0.05) is 11.6 Å². The number of nitrogens with one attached hydrogen (secondary N) is 1. The highest BCUT2D eigenvalue weighted by atomic mass is 35.5. The van der Waals surface area contributed by atoms with Crippen LogP contribution in [0.4, 0.5) is 13.2 Å². The average Bonchev–Trinajstić information content (AvgIpc) is 2.95. The fourth-order valence-electron chi connectivity index (χ4n) is 2.32. The van der Waals surface area contributed by atoms with Crippen molar-refractivity contribution in [2.45, 2.75) is 25.6 Å². The van der Waals surface area contributed by atoms with E-state index in [0.717, 1.165) is 18.2 Å². The Labute approximate surface area is 134 Å². The number of aliphatic carboxylic acids is 1. The van der Waals surface area contributed by atoms with E-state index in [1.165, 1.54) is 0 Å². The molecule has 0 saturated heterocycles. The molecule has 0 aliphatic heterocycles. The largest absolute Gasteiger partial charge is 0.480 e. The zero-order chi connectivity index (χ0) is 17.3. The molecule has 1 aliphatic rings. The van der Waals surface area contributed by atoms with Crippen LogP contribution in [-0.4, -0.2) is 17.0 Å². The Morgan fingerprint density at radius 3 is 2.35 bits per heavy atom. The van der Waals surface area contributed by atoms with Gasteiger partial charge >= 0.3 is 12.1 Å². The van der Waals surface area contributed by atoms with Gasteiger partial charge in [-0.05, 0) is 30.5 Å². The van der Waals surface area contributed by atoms with Crippen LogP contribution in [0.15, 0.2) is 30.4 Å². The maximum absolute atomic E-state index is 12.6. The van der Waals surface area contributed by atoms with Gasteiger partial charge in [0.15, 0.2) is 5.41 Å². The summed E-state index contributed by atoms with van der Waals surface area (Å²) in [6.45, 7) is -0.148. The smallest absolute Gasteiger partial charge is 0.416 e. The first-order valence-corrected chi connectivity index (χ1v) is 7.07. The predicted molar refractivity (Wildman–Crippen MR) is 76.7 cm³/mol. The quantitative estimate of drug-likeness (QED) is 0.648. The van der Waals surface area contributed by atoms with E-state index < -0.39 is 29.0 Å². The molecular weight excluding hydrogens is 335 g/mol. The van der Waals surface area contributed by atoms with Crippen molar-refractivity contribution in [2.75, 3.05) is 0 Å². The first-order chi connectivity index (χ1) is 10.7. The van der Waals surface area contributed by atoms with Gasteiger partial charge in [0.05, 0.1) is 5.56 Å². The fraction of sp³-hybridized carbons (Fsp3) is 0.333. The zero-order valence-corrected chi connectivity index (χ0v) is 12.5. The number of allylic oxidation sites excluding steroid dienone is 2. The molecule has 23 heavy (non-hydrogen) atoms. The standard InChI is InChI=1S/C15H13ClF3NO3/c16-11-7-10(15(17,18)19)4-3-9(11)8-20-12(21)14(13(22)23)5-1-2-6-14/h1-4,7H,5-6,8H2,(H,20,21)(H,22,23). The van der Waals surface area contributed by atoms with Gasteiger partial charge in [0.25, 0.3) is 0 Å². The summed E-state index contributed by atoms with van der Waals surface area (Å²) in [5.74, 6) is -1.93. The van der Waals surface area contributed by atoms with Crippen LogP contribution in [0.3, 0.4) is 0 Å². The van der Waals surface area contributed by atoms with E-state index in [4.69, 9.17) is 11.6 Å². The van der Waals surface area contributed by atoms with Gasteiger partial charge in [-0.2, -0.15) is 13.2 Å². The van der Waals surface area contributed by atoms with Crippen molar-refractivity contribution in [1.82, 2.24) is 5.32 Å². The Kier molecular flexibility index (Phi) is 4.70. The van der Waals surface area contributed by atoms with E-state index in [1.807, 2.05) is 0 Å². The summed E-state index contributed by atoms with van der Waals surface area (Å²) in [6.07, 6.45) is -1.13. The van der Waals surface area contributed by atoms with E-state index in [-0.39, 0.29) is 30.0 Å². The first-order valence-electron chi connectivity index (χ1n) is 6.69. The van der Waals surface area contributed by atoms with Gasteiger partial charge in [-0.25, -0.2) is 0 Å². The monoisotopic (exact) mass is 347 g/mol. The van der Waals surface area contributed by atoms with Crippen LogP contribution in [0.5, 0.6) is 0 Å². The van der Waals surface area contributed by atoms with Crippen LogP contribution in [-0.2, 0) is 22.3 Å². The Balaban J connectivity index is 2.09. The van der Waals surface area contributed by atoms with Gasteiger partial charge < -0.3 is 10.4 Å². The summed E-state index contributed by atoms with van der Waals surface area (Å²) < 4.78 is 37.7. The minimum Gasteiger partial charge on any atom is -0.480 e. The maximum Gasteiger partial charge on any atom is 0.416 e. The van der Waals surface area contributed by atoms with Crippen molar-refractivity contribution >= 4 is 23.5 Å². The van der Waals surface area contributed by atoms with Gasteiger partial charge in [-0.1, -0.05) is 29.8 Å². The molecule has 0 spiro atoms. The molecule has 124 valence electrons. The van der Waals surface area contributed by atoms with Crippen LogP contribution < -0.4 is 5.32 Å². The summed E-state index contributed by atoms with van der Waals surface area (Å²) in [6, 6.07) is 2.79. The third-order valence-corrected chi connectivity index (χ3v) is 4.11. The molecule has 4 nitrogen and oxygen atoms in total. The third kappa shape index (κ3) is 3.50. The molecule has 0 saturated carbocycles. The summed E-state index contributed by atoms with van der Waals surface area (Å²) in [5, 5.41) is 11.6. The van der Waals surface area contributed by atoms with Gasteiger partial charge in [-0.15, -0.1) is 0 Å². The van der Waals surface area contributed by atoms with Crippen molar-refractivity contribution < 1.29 is 27.9 Å². The van der Waals surface area contributed by atoms with E-state index in [9.17, 15) is 27.9 Å². The molecule has 0 aromatic heterocycles. The minimum atomic E-state index is -4.51. The maximum atomic E-state index is 12.6. The molecule has 8 heteroatoms. The number of halogens is 4. The lowest BCUT2D eigenvalue weighted by Crippen LogP contribution is -2.44.